The van der Waals surface area contributed by atoms with E-state index in [4.69, 9.17) is 5.11 Å². The van der Waals surface area contributed by atoms with E-state index < -0.39 is 21.8 Å². The molecule has 0 atom stereocenters. The zero-order valence-electron chi connectivity index (χ0n) is 10.3. The van der Waals surface area contributed by atoms with Gasteiger partial charge in [0, 0.05) is 7.05 Å². The lowest BCUT2D eigenvalue weighted by Crippen LogP contribution is -2.27. The molecule has 1 heterocycles. The van der Waals surface area contributed by atoms with E-state index in [0.717, 1.165) is 21.7 Å². The number of halogens is 1. The highest BCUT2D eigenvalue weighted by Crippen LogP contribution is 2.28. The van der Waals surface area contributed by atoms with Crippen molar-refractivity contribution in [3.63, 3.8) is 0 Å². The van der Waals surface area contributed by atoms with Crippen molar-refractivity contribution >= 4 is 33.0 Å². The van der Waals surface area contributed by atoms with Crippen molar-refractivity contribution in [2.24, 2.45) is 0 Å². The molecule has 2 aromatic rings. The molecule has 0 fully saturated rings. The summed E-state index contributed by atoms with van der Waals surface area (Å²) in [7, 11) is -2.80. The first-order chi connectivity index (χ1) is 9.34. The maximum absolute atomic E-state index is 13.2. The van der Waals surface area contributed by atoms with Crippen LogP contribution in [0.3, 0.4) is 0 Å². The van der Waals surface area contributed by atoms with E-state index in [1.165, 1.54) is 36.7 Å². The standard InChI is InChI=1S/C12H10FNO4S2/c1-14(9-4-2-3-8(13)7-9)20(17,18)10-5-6-19-11(10)12(15)16/h2-7H,1H3,(H,15,16). The van der Waals surface area contributed by atoms with E-state index in [0.29, 0.717) is 0 Å². The van der Waals surface area contributed by atoms with Crippen LogP contribution < -0.4 is 4.31 Å². The SMILES string of the molecule is CN(c1cccc(F)c1)S(=O)(=O)c1ccsc1C(=O)O. The molecule has 1 N–H and O–H groups in total. The first kappa shape index (κ1) is 14.5. The number of hydrogen-bond acceptors (Lipinski definition) is 4. The molecule has 0 saturated heterocycles. The van der Waals surface area contributed by atoms with Gasteiger partial charge in [0.05, 0.1) is 5.69 Å². The average molecular weight is 315 g/mol. The molecule has 0 aliphatic heterocycles. The number of nitrogens with zero attached hydrogens (tertiary/aromatic N) is 1. The van der Waals surface area contributed by atoms with Crippen molar-refractivity contribution in [3.05, 3.63) is 46.4 Å². The molecule has 1 aromatic carbocycles. The number of aromatic carboxylic acids is 1. The molecule has 0 unspecified atom stereocenters. The van der Waals surface area contributed by atoms with Crippen molar-refractivity contribution in [3.8, 4) is 0 Å². The van der Waals surface area contributed by atoms with Gasteiger partial charge in [0.15, 0.2) is 0 Å². The van der Waals surface area contributed by atoms with Crippen molar-refractivity contribution in [2.75, 3.05) is 11.4 Å². The monoisotopic (exact) mass is 315 g/mol. The van der Waals surface area contributed by atoms with Crippen LogP contribution in [0.1, 0.15) is 9.67 Å². The highest BCUT2D eigenvalue weighted by molar-refractivity contribution is 7.93. The summed E-state index contributed by atoms with van der Waals surface area (Å²) in [5.74, 6) is -1.89. The molecular formula is C12H10FNO4S2. The molecule has 0 aliphatic rings. The molecule has 0 saturated carbocycles. The lowest BCUT2D eigenvalue weighted by atomic mass is 10.3. The highest BCUT2D eigenvalue weighted by atomic mass is 32.2. The number of carboxylic acids is 1. The Bertz CT molecular complexity index is 754. The third-order valence-electron chi connectivity index (χ3n) is 2.63. The number of thiophene rings is 1. The van der Waals surface area contributed by atoms with Crippen LogP contribution in [-0.2, 0) is 10.0 Å². The van der Waals surface area contributed by atoms with Crippen LogP contribution >= 0.6 is 11.3 Å². The zero-order chi connectivity index (χ0) is 14.9. The van der Waals surface area contributed by atoms with Gasteiger partial charge in [0.1, 0.15) is 15.6 Å². The fraction of sp³-hybridized carbons (Fsp3) is 0.0833. The van der Waals surface area contributed by atoms with Crippen molar-refractivity contribution in [1.29, 1.82) is 0 Å². The van der Waals surface area contributed by atoms with Crippen LogP contribution in [0, 0.1) is 5.82 Å². The lowest BCUT2D eigenvalue weighted by molar-refractivity contribution is 0.0698. The summed E-state index contributed by atoms with van der Waals surface area (Å²) in [6.45, 7) is 0. The molecule has 20 heavy (non-hydrogen) atoms. The Morgan fingerprint density at radius 3 is 2.65 bits per heavy atom. The summed E-state index contributed by atoms with van der Waals surface area (Å²) in [5.41, 5.74) is 0.118. The smallest absolute Gasteiger partial charge is 0.347 e. The third-order valence-corrected chi connectivity index (χ3v) is 5.49. The van der Waals surface area contributed by atoms with E-state index >= 15 is 0 Å². The Morgan fingerprint density at radius 1 is 1.35 bits per heavy atom. The first-order valence-corrected chi connectivity index (χ1v) is 7.71. The number of sulfonamides is 1. The summed E-state index contributed by atoms with van der Waals surface area (Å²) in [6.07, 6.45) is 0. The van der Waals surface area contributed by atoms with Gasteiger partial charge in [-0.05, 0) is 29.6 Å². The van der Waals surface area contributed by atoms with E-state index in [9.17, 15) is 17.6 Å². The normalized spacial score (nSPS) is 11.3. The van der Waals surface area contributed by atoms with E-state index in [1.54, 1.807) is 0 Å². The van der Waals surface area contributed by atoms with Gasteiger partial charge in [-0.2, -0.15) is 0 Å². The quantitative estimate of drug-likeness (QED) is 0.940. The van der Waals surface area contributed by atoms with Gasteiger partial charge in [0.25, 0.3) is 10.0 Å². The van der Waals surface area contributed by atoms with Crippen LogP contribution in [0.2, 0.25) is 0 Å². The van der Waals surface area contributed by atoms with Crippen molar-refractivity contribution in [2.45, 2.75) is 4.90 Å². The molecule has 2 rings (SSSR count). The second-order valence-corrected chi connectivity index (χ2v) is 6.73. The maximum Gasteiger partial charge on any atom is 0.347 e. The highest BCUT2D eigenvalue weighted by Gasteiger charge is 2.28. The second kappa shape index (κ2) is 5.22. The van der Waals surface area contributed by atoms with Crippen LogP contribution in [-0.4, -0.2) is 26.5 Å². The summed E-state index contributed by atoms with van der Waals surface area (Å²) in [4.78, 5) is 10.4. The number of hydrogen-bond donors (Lipinski definition) is 1. The minimum atomic E-state index is -4.04. The lowest BCUT2D eigenvalue weighted by Gasteiger charge is -2.19. The molecule has 0 radical (unpaired) electrons. The van der Waals surface area contributed by atoms with E-state index in [2.05, 4.69) is 0 Å². The van der Waals surface area contributed by atoms with Gasteiger partial charge < -0.3 is 5.11 Å². The Hall–Kier alpha value is -1.93. The number of carboxylic acid groups (broad SMARTS) is 1. The number of carbonyl (C=O) groups is 1. The molecule has 0 amide bonds. The molecule has 0 spiro atoms. The Kier molecular flexibility index (Phi) is 3.78. The van der Waals surface area contributed by atoms with Crippen LogP contribution in [0.4, 0.5) is 10.1 Å². The van der Waals surface area contributed by atoms with Gasteiger partial charge in [-0.1, -0.05) is 6.07 Å². The van der Waals surface area contributed by atoms with Gasteiger partial charge in [-0.15, -0.1) is 11.3 Å². The fourth-order valence-electron chi connectivity index (χ4n) is 1.61. The van der Waals surface area contributed by atoms with Crippen LogP contribution in [0.5, 0.6) is 0 Å². The van der Waals surface area contributed by atoms with E-state index in [1.807, 2.05) is 0 Å². The molecule has 8 heteroatoms. The largest absolute Gasteiger partial charge is 0.477 e. The van der Waals surface area contributed by atoms with Gasteiger partial charge in [-0.25, -0.2) is 17.6 Å². The molecular weight excluding hydrogens is 305 g/mol. The summed E-state index contributed by atoms with van der Waals surface area (Å²) >= 11 is 0.821. The minimum absolute atomic E-state index is 0.118. The van der Waals surface area contributed by atoms with Crippen molar-refractivity contribution < 1.29 is 22.7 Å². The van der Waals surface area contributed by atoms with Crippen LogP contribution in [0.15, 0.2) is 40.6 Å². The van der Waals surface area contributed by atoms with Crippen molar-refractivity contribution in [1.82, 2.24) is 0 Å². The Morgan fingerprint density at radius 2 is 2.05 bits per heavy atom. The number of rotatable bonds is 4. The summed E-state index contributed by atoms with van der Waals surface area (Å²) < 4.78 is 38.8. The molecule has 0 bridgehead atoms. The summed E-state index contributed by atoms with van der Waals surface area (Å²) in [6, 6.07) is 6.27. The minimum Gasteiger partial charge on any atom is -0.477 e. The maximum atomic E-state index is 13.2. The molecule has 0 aliphatic carbocycles. The average Bonchev–Trinajstić information content (AvgIpc) is 2.87. The number of anilines is 1. The van der Waals surface area contributed by atoms with Gasteiger partial charge in [0.2, 0.25) is 0 Å². The Balaban J connectivity index is 2.50. The predicted molar refractivity (Wildman–Crippen MR) is 73.3 cm³/mol. The molecule has 5 nitrogen and oxygen atoms in total. The predicted octanol–water partition coefficient (Wildman–Crippen LogP) is 2.41. The topological polar surface area (TPSA) is 74.7 Å². The zero-order valence-corrected chi connectivity index (χ0v) is 11.9. The fourth-order valence-corrected chi connectivity index (χ4v) is 4.03. The molecule has 1 aromatic heterocycles. The first-order valence-electron chi connectivity index (χ1n) is 5.39. The Labute approximate surface area is 119 Å². The third kappa shape index (κ3) is 2.52. The molecule has 106 valence electrons. The summed E-state index contributed by atoms with van der Waals surface area (Å²) in [5, 5.41) is 10.4. The number of benzene rings is 1. The van der Waals surface area contributed by atoms with Crippen LogP contribution in [0.25, 0.3) is 0 Å². The van der Waals surface area contributed by atoms with E-state index in [-0.39, 0.29) is 15.5 Å². The van der Waals surface area contributed by atoms with Gasteiger partial charge >= 0.3 is 5.97 Å². The van der Waals surface area contributed by atoms with Gasteiger partial charge in [-0.3, -0.25) is 4.31 Å². The second-order valence-electron chi connectivity index (χ2n) is 3.87.